The maximum absolute atomic E-state index is 12.3. The number of para-hydroxylation sites is 3. The Kier molecular flexibility index (Phi) is 4.33. The van der Waals surface area contributed by atoms with Crippen LogP contribution in [0, 0.1) is 6.92 Å². The molecule has 0 spiro atoms. The maximum atomic E-state index is 12.3. The Morgan fingerprint density at radius 1 is 1.07 bits per heavy atom. The monoisotopic (exact) mass is 362 g/mol. The molecule has 7 nitrogen and oxygen atoms in total. The van der Waals surface area contributed by atoms with E-state index < -0.39 is 5.91 Å². The van der Waals surface area contributed by atoms with E-state index in [4.69, 9.17) is 4.42 Å². The van der Waals surface area contributed by atoms with Crippen LogP contribution in [0.5, 0.6) is 0 Å². The van der Waals surface area contributed by atoms with E-state index in [1.54, 1.807) is 6.07 Å². The molecule has 7 heteroatoms. The van der Waals surface area contributed by atoms with Crippen LogP contribution in [0.2, 0.25) is 0 Å². The van der Waals surface area contributed by atoms with Crippen molar-refractivity contribution in [2.45, 2.75) is 19.8 Å². The van der Waals surface area contributed by atoms with Gasteiger partial charge in [0.15, 0.2) is 5.76 Å². The highest BCUT2D eigenvalue weighted by molar-refractivity contribution is 5.99. The summed E-state index contributed by atoms with van der Waals surface area (Å²) in [5.74, 6) is 0.123. The van der Waals surface area contributed by atoms with Gasteiger partial charge in [0, 0.05) is 23.8 Å². The number of hydrogen-bond donors (Lipinski definition) is 3. The number of hydrazine groups is 1. The van der Waals surface area contributed by atoms with Crippen molar-refractivity contribution in [3.63, 3.8) is 0 Å². The number of furan rings is 1. The van der Waals surface area contributed by atoms with E-state index in [-0.39, 0.29) is 18.1 Å². The first-order valence-electron chi connectivity index (χ1n) is 8.63. The lowest BCUT2D eigenvalue weighted by atomic mass is 10.1. The largest absolute Gasteiger partial charge is 0.451 e. The number of amides is 2. The number of rotatable bonds is 4. The van der Waals surface area contributed by atoms with Crippen molar-refractivity contribution in [2.75, 3.05) is 0 Å². The number of nitrogens with one attached hydrogen (secondary N) is 3. The van der Waals surface area contributed by atoms with E-state index in [9.17, 15) is 9.59 Å². The second-order valence-electron chi connectivity index (χ2n) is 6.26. The molecule has 4 rings (SSSR count). The van der Waals surface area contributed by atoms with Gasteiger partial charge >= 0.3 is 5.91 Å². The van der Waals surface area contributed by atoms with E-state index in [1.165, 1.54) is 0 Å². The Bertz CT molecular complexity index is 1110. The van der Waals surface area contributed by atoms with Gasteiger partial charge in [0.25, 0.3) is 0 Å². The molecule has 2 aromatic carbocycles. The highest BCUT2D eigenvalue weighted by Crippen LogP contribution is 2.24. The lowest BCUT2D eigenvalue weighted by molar-refractivity contribution is -0.121. The molecule has 0 atom stereocenters. The Morgan fingerprint density at radius 2 is 1.85 bits per heavy atom. The van der Waals surface area contributed by atoms with Crippen LogP contribution in [-0.4, -0.2) is 21.8 Å². The van der Waals surface area contributed by atoms with Gasteiger partial charge in [-0.25, -0.2) is 4.98 Å². The molecule has 0 bridgehead atoms. The van der Waals surface area contributed by atoms with Crippen LogP contribution in [0.4, 0.5) is 0 Å². The van der Waals surface area contributed by atoms with Gasteiger partial charge in [-0.05, 0) is 25.1 Å². The summed E-state index contributed by atoms with van der Waals surface area (Å²) in [7, 11) is 0. The number of fused-ring (bicyclic) bond motifs is 2. The lowest BCUT2D eigenvalue weighted by Crippen LogP contribution is -2.41. The van der Waals surface area contributed by atoms with Crippen LogP contribution in [0.15, 0.2) is 52.9 Å². The average Bonchev–Trinajstić information content (AvgIpc) is 3.25. The Labute approximate surface area is 154 Å². The van der Waals surface area contributed by atoms with Gasteiger partial charge in [0.1, 0.15) is 11.4 Å². The molecular formula is C20H18N4O3. The fourth-order valence-electron chi connectivity index (χ4n) is 2.99. The quantitative estimate of drug-likeness (QED) is 0.486. The number of aromatic nitrogens is 2. The first-order chi connectivity index (χ1) is 13.1. The highest BCUT2D eigenvalue weighted by atomic mass is 16.3. The van der Waals surface area contributed by atoms with Crippen LogP contribution >= 0.6 is 0 Å². The number of aryl methyl sites for hydroxylation is 2. The predicted octanol–water partition coefficient (Wildman–Crippen LogP) is 3.01. The van der Waals surface area contributed by atoms with Crippen molar-refractivity contribution in [2.24, 2.45) is 0 Å². The van der Waals surface area contributed by atoms with Gasteiger partial charge in [-0.2, -0.15) is 0 Å². The molecule has 136 valence electrons. The number of imidazole rings is 1. The van der Waals surface area contributed by atoms with E-state index in [0.29, 0.717) is 12.0 Å². The maximum Gasteiger partial charge on any atom is 0.305 e. The first kappa shape index (κ1) is 16.8. The number of hydrogen-bond acceptors (Lipinski definition) is 4. The van der Waals surface area contributed by atoms with E-state index in [2.05, 4.69) is 20.8 Å². The normalized spacial score (nSPS) is 11.0. The van der Waals surface area contributed by atoms with Crippen LogP contribution < -0.4 is 10.9 Å². The summed E-state index contributed by atoms with van der Waals surface area (Å²) in [6.07, 6.45) is 0.638. The third kappa shape index (κ3) is 3.39. The summed E-state index contributed by atoms with van der Waals surface area (Å²) in [5.41, 5.74) is 7.98. The minimum absolute atomic E-state index is 0.189. The Balaban J connectivity index is 1.34. The molecule has 0 aliphatic heterocycles. The zero-order chi connectivity index (χ0) is 18.8. The number of carbonyl (C=O) groups is 2. The van der Waals surface area contributed by atoms with Gasteiger partial charge in [0.05, 0.1) is 11.0 Å². The van der Waals surface area contributed by atoms with Crippen molar-refractivity contribution >= 4 is 33.8 Å². The van der Waals surface area contributed by atoms with E-state index in [0.717, 1.165) is 27.8 Å². The van der Waals surface area contributed by atoms with Gasteiger partial charge in [-0.15, -0.1) is 0 Å². The Morgan fingerprint density at radius 3 is 2.67 bits per heavy atom. The predicted molar refractivity (Wildman–Crippen MR) is 101 cm³/mol. The molecule has 0 aliphatic rings. The third-order valence-corrected chi connectivity index (χ3v) is 4.39. The lowest BCUT2D eigenvalue weighted by Gasteiger charge is -2.05. The van der Waals surface area contributed by atoms with Gasteiger partial charge in [-0.1, -0.05) is 30.3 Å². The zero-order valence-corrected chi connectivity index (χ0v) is 14.7. The molecular weight excluding hydrogens is 344 g/mol. The zero-order valence-electron chi connectivity index (χ0n) is 14.7. The number of benzene rings is 2. The summed E-state index contributed by atoms with van der Waals surface area (Å²) in [6.45, 7) is 1.81. The number of H-pyrrole nitrogens is 1. The number of carbonyl (C=O) groups excluding carboxylic acids is 2. The molecule has 0 radical (unpaired) electrons. The summed E-state index contributed by atoms with van der Waals surface area (Å²) >= 11 is 0. The SMILES string of the molecule is Cc1c(C(=O)NNC(=O)CCc2nc3ccccc3[nH]2)oc2ccccc12. The van der Waals surface area contributed by atoms with Gasteiger partial charge in [0.2, 0.25) is 5.91 Å². The standard InChI is InChI=1S/C20H18N4O3/c1-12-13-6-2-5-9-16(13)27-19(12)20(26)24-23-18(25)11-10-17-21-14-7-3-4-8-15(14)22-17/h2-9H,10-11H2,1H3,(H,21,22)(H,23,25)(H,24,26). The van der Waals surface area contributed by atoms with Crippen molar-refractivity contribution in [1.29, 1.82) is 0 Å². The molecule has 4 aromatic rings. The summed E-state index contributed by atoms with van der Waals surface area (Å²) < 4.78 is 5.58. The molecule has 2 aromatic heterocycles. The van der Waals surface area contributed by atoms with Crippen LogP contribution in [-0.2, 0) is 11.2 Å². The fourth-order valence-corrected chi connectivity index (χ4v) is 2.99. The summed E-state index contributed by atoms with van der Waals surface area (Å²) in [6, 6.07) is 15.1. The molecule has 0 aliphatic carbocycles. The minimum atomic E-state index is -0.485. The van der Waals surface area contributed by atoms with Crippen LogP contribution in [0.1, 0.15) is 28.4 Å². The van der Waals surface area contributed by atoms with Crippen LogP contribution in [0.3, 0.4) is 0 Å². The topological polar surface area (TPSA) is 100 Å². The fraction of sp³-hybridized carbons (Fsp3) is 0.150. The summed E-state index contributed by atoms with van der Waals surface area (Å²) in [4.78, 5) is 31.9. The number of aromatic amines is 1. The first-order valence-corrected chi connectivity index (χ1v) is 8.63. The molecule has 3 N–H and O–H groups in total. The highest BCUT2D eigenvalue weighted by Gasteiger charge is 2.17. The second kappa shape index (κ2) is 6.95. The third-order valence-electron chi connectivity index (χ3n) is 4.39. The Hall–Kier alpha value is -3.61. The molecule has 27 heavy (non-hydrogen) atoms. The summed E-state index contributed by atoms with van der Waals surface area (Å²) in [5, 5.41) is 0.874. The molecule has 0 saturated heterocycles. The van der Waals surface area contributed by atoms with Crippen LogP contribution in [0.25, 0.3) is 22.0 Å². The smallest absolute Gasteiger partial charge is 0.305 e. The van der Waals surface area contributed by atoms with Gasteiger partial charge in [-0.3, -0.25) is 20.4 Å². The van der Waals surface area contributed by atoms with Gasteiger partial charge < -0.3 is 9.40 Å². The van der Waals surface area contributed by atoms with E-state index >= 15 is 0 Å². The van der Waals surface area contributed by atoms with E-state index in [1.807, 2.05) is 49.4 Å². The van der Waals surface area contributed by atoms with Crippen molar-refractivity contribution in [3.05, 3.63) is 65.7 Å². The second-order valence-corrected chi connectivity index (χ2v) is 6.26. The van der Waals surface area contributed by atoms with Crippen molar-refractivity contribution in [1.82, 2.24) is 20.8 Å². The minimum Gasteiger partial charge on any atom is -0.451 e. The molecule has 2 amide bonds. The average molecular weight is 362 g/mol. The molecule has 0 saturated carbocycles. The van der Waals surface area contributed by atoms with Crippen molar-refractivity contribution < 1.29 is 14.0 Å². The molecule has 0 unspecified atom stereocenters. The number of nitrogens with zero attached hydrogens (tertiary/aromatic N) is 1. The molecule has 2 heterocycles. The van der Waals surface area contributed by atoms with Crippen molar-refractivity contribution in [3.8, 4) is 0 Å². The molecule has 0 fully saturated rings.